The first-order valence-electron chi connectivity index (χ1n) is 5.90. The lowest BCUT2D eigenvalue weighted by Gasteiger charge is -2.28. The summed E-state index contributed by atoms with van der Waals surface area (Å²) in [6.07, 6.45) is 3.46. The zero-order chi connectivity index (χ0) is 11.8. The number of rotatable bonds is 1. The number of pyridine rings is 1. The standard InChI is InChI=1S/C12H15FN4/c1-8-4-12-15-7-16-17(12)6-10(8)9-2-3-14-5-11(9)13/h4,6-7,9,11,14H,2-3,5H2,1H3. The number of fused-ring (bicyclic) bond motifs is 1. The fourth-order valence-electron chi connectivity index (χ4n) is 2.53. The zero-order valence-corrected chi connectivity index (χ0v) is 9.73. The molecule has 2 unspecified atom stereocenters. The van der Waals surface area contributed by atoms with Gasteiger partial charge in [-0.2, -0.15) is 5.10 Å². The van der Waals surface area contributed by atoms with Crippen molar-refractivity contribution in [3.63, 3.8) is 0 Å². The van der Waals surface area contributed by atoms with Crippen molar-refractivity contribution < 1.29 is 4.39 Å². The van der Waals surface area contributed by atoms with E-state index in [-0.39, 0.29) is 5.92 Å². The monoisotopic (exact) mass is 234 g/mol. The van der Waals surface area contributed by atoms with Crippen LogP contribution in [0.2, 0.25) is 0 Å². The lowest BCUT2D eigenvalue weighted by atomic mass is 9.87. The van der Waals surface area contributed by atoms with Gasteiger partial charge in [-0.3, -0.25) is 0 Å². The summed E-state index contributed by atoms with van der Waals surface area (Å²) in [6, 6.07) is 1.97. The molecule has 2 aromatic heterocycles. The Hall–Kier alpha value is -1.49. The van der Waals surface area contributed by atoms with E-state index >= 15 is 0 Å². The van der Waals surface area contributed by atoms with E-state index in [1.54, 1.807) is 4.52 Å². The van der Waals surface area contributed by atoms with E-state index in [1.165, 1.54) is 6.33 Å². The maximum atomic E-state index is 13.9. The molecule has 1 aliphatic heterocycles. The molecule has 3 heterocycles. The predicted octanol–water partition coefficient (Wildman–Crippen LogP) is 1.45. The Morgan fingerprint density at radius 3 is 3.24 bits per heavy atom. The highest BCUT2D eigenvalue weighted by molar-refractivity contribution is 5.44. The molecule has 5 heteroatoms. The zero-order valence-electron chi connectivity index (χ0n) is 9.73. The van der Waals surface area contributed by atoms with Crippen molar-refractivity contribution in [2.75, 3.05) is 13.1 Å². The van der Waals surface area contributed by atoms with Crippen LogP contribution in [0.3, 0.4) is 0 Å². The minimum atomic E-state index is -0.816. The second-order valence-corrected chi connectivity index (χ2v) is 4.59. The van der Waals surface area contributed by atoms with Crippen molar-refractivity contribution in [2.45, 2.75) is 25.4 Å². The van der Waals surface area contributed by atoms with Crippen LogP contribution in [-0.4, -0.2) is 33.9 Å². The van der Waals surface area contributed by atoms with Gasteiger partial charge in [-0.1, -0.05) is 0 Å². The smallest absolute Gasteiger partial charge is 0.155 e. The lowest BCUT2D eigenvalue weighted by molar-refractivity contribution is 0.230. The van der Waals surface area contributed by atoms with E-state index in [1.807, 2.05) is 19.2 Å². The van der Waals surface area contributed by atoms with Gasteiger partial charge in [0.1, 0.15) is 12.5 Å². The fraction of sp³-hybridized carbons (Fsp3) is 0.500. The van der Waals surface area contributed by atoms with Gasteiger partial charge in [0.05, 0.1) is 0 Å². The van der Waals surface area contributed by atoms with Crippen LogP contribution in [0.25, 0.3) is 5.65 Å². The Morgan fingerprint density at radius 1 is 1.53 bits per heavy atom. The normalized spacial score (nSPS) is 25.3. The molecule has 2 atom stereocenters. The van der Waals surface area contributed by atoms with E-state index < -0.39 is 6.17 Å². The largest absolute Gasteiger partial charge is 0.314 e. The molecule has 0 aromatic carbocycles. The molecule has 17 heavy (non-hydrogen) atoms. The lowest BCUT2D eigenvalue weighted by Crippen LogP contribution is -2.37. The van der Waals surface area contributed by atoms with Crippen molar-refractivity contribution in [1.29, 1.82) is 0 Å². The molecule has 0 aliphatic carbocycles. The van der Waals surface area contributed by atoms with Gasteiger partial charge in [0.25, 0.3) is 0 Å². The summed E-state index contributed by atoms with van der Waals surface area (Å²) in [6.45, 7) is 3.33. The molecule has 1 aliphatic rings. The quantitative estimate of drug-likeness (QED) is 0.812. The van der Waals surface area contributed by atoms with E-state index in [9.17, 15) is 4.39 Å². The second-order valence-electron chi connectivity index (χ2n) is 4.59. The van der Waals surface area contributed by atoms with Gasteiger partial charge in [-0.25, -0.2) is 13.9 Å². The molecule has 0 radical (unpaired) electrons. The maximum Gasteiger partial charge on any atom is 0.155 e. The molecule has 1 N–H and O–H groups in total. The topological polar surface area (TPSA) is 42.2 Å². The van der Waals surface area contributed by atoms with Crippen LogP contribution in [0, 0.1) is 6.92 Å². The van der Waals surface area contributed by atoms with Crippen LogP contribution in [0.15, 0.2) is 18.6 Å². The number of nitrogens with zero attached hydrogens (tertiary/aromatic N) is 3. The number of halogens is 1. The van der Waals surface area contributed by atoms with Crippen LogP contribution in [0.4, 0.5) is 4.39 Å². The van der Waals surface area contributed by atoms with Gasteiger partial charge in [-0.05, 0) is 37.1 Å². The Labute approximate surface area is 98.9 Å². The first-order chi connectivity index (χ1) is 8.25. The van der Waals surface area contributed by atoms with Crippen molar-refractivity contribution in [1.82, 2.24) is 19.9 Å². The number of piperidine rings is 1. The SMILES string of the molecule is Cc1cc2ncnn2cc1C1CCNCC1F. The van der Waals surface area contributed by atoms with E-state index in [4.69, 9.17) is 0 Å². The third kappa shape index (κ3) is 1.80. The summed E-state index contributed by atoms with van der Waals surface area (Å²) in [5.74, 6) is -0.0233. The maximum absolute atomic E-state index is 13.9. The predicted molar refractivity (Wildman–Crippen MR) is 62.8 cm³/mol. The van der Waals surface area contributed by atoms with Crippen LogP contribution < -0.4 is 5.32 Å². The number of aryl methyl sites for hydroxylation is 1. The molecule has 0 bridgehead atoms. The Balaban J connectivity index is 2.05. The molecule has 1 saturated heterocycles. The number of hydrogen-bond donors (Lipinski definition) is 1. The van der Waals surface area contributed by atoms with Gasteiger partial charge >= 0.3 is 0 Å². The van der Waals surface area contributed by atoms with E-state index in [2.05, 4.69) is 15.4 Å². The summed E-state index contributed by atoms with van der Waals surface area (Å²) in [5.41, 5.74) is 2.97. The van der Waals surface area contributed by atoms with Gasteiger partial charge in [0.15, 0.2) is 5.65 Å². The fourth-order valence-corrected chi connectivity index (χ4v) is 2.53. The third-order valence-electron chi connectivity index (χ3n) is 3.47. The average Bonchev–Trinajstić information content (AvgIpc) is 2.76. The average molecular weight is 234 g/mol. The number of alkyl halides is 1. The molecule has 1 fully saturated rings. The van der Waals surface area contributed by atoms with Gasteiger partial charge in [-0.15, -0.1) is 0 Å². The summed E-state index contributed by atoms with van der Waals surface area (Å²) in [7, 11) is 0. The van der Waals surface area contributed by atoms with Gasteiger partial charge < -0.3 is 5.32 Å². The summed E-state index contributed by atoms with van der Waals surface area (Å²) < 4.78 is 15.7. The van der Waals surface area contributed by atoms with Crippen molar-refractivity contribution in [3.8, 4) is 0 Å². The minimum Gasteiger partial charge on any atom is -0.314 e. The number of hydrogen-bond acceptors (Lipinski definition) is 3. The molecule has 0 saturated carbocycles. The highest BCUT2D eigenvalue weighted by Gasteiger charge is 2.27. The highest BCUT2D eigenvalue weighted by Crippen LogP contribution is 2.30. The van der Waals surface area contributed by atoms with E-state index in [0.29, 0.717) is 6.54 Å². The first kappa shape index (κ1) is 10.7. The summed E-state index contributed by atoms with van der Waals surface area (Å²) >= 11 is 0. The minimum absolute atomic E-state index is 0.0233. The molecular formula is C12H15FN4. The molecule has 90 valence electrons. The molecule has 2 aromatic rings. The first-order valence-corrected chi connectivity index (χ1v) is 5.90. The Kier molecular flexibility index (Phi) is 2.55. The number of aromatic nitrogens is 3. The summed E-state index contributed by atoms with van der Waals surface area (Å²) in [4.78, 5) is 4.13. The highest BCUT2D eigenvalue weighted by atomic mass is 19.1. The summed E-state index contributed by atoms with van der Waals surface area (Å²) in [5, 5.41) is 7.18. The molecular weight excluding hydrogens is 219 g/mol. The van der Waals surface area contributed by atoms with Crippen LogP contribution in [0.1, 0.15) is 23.5 Å². The van der Waals surface area contributed by atoms with E-state index in [0.717, 1.165) is 29.7 Å². The van der Waals surface area contributed by atoms with Crippen molar-refractivity contribution in [3.05, 3.63) is 29.7 Å². The number of nitrogens with one attached hydrogen (secondary N) is 1. The van der Waals surface area contributed by atoms with Crippen molar-refractivity contribution in [2.24, 2.45) is 0 Å². The second kappa shape index (κ2) is 4.07. The molecule has 0 amide bonds. The van der Waals surface area contributed by atoms with Crippen LogP contribution in [-0.2, 0) is 0 Å². The van der Waals surface area contributed by atoms with Crippen LogP contribution >= 0.6 is 0 Å². The van der Waals surface area contributed by atoms with Gasteiger partial charge in [0, 0.05) is 18.7 Å². The molecule has 4 nitrogen and oxygen atoms in total. The molecule has 3 rings (SSSR count). The van der Waals surface area contributed by atoms with Crippen molar-refractivity contribution >= 4 is 5.65 Å². The molecule has 0 spiro atoms. The Bertz CT molecular complexity index is 536. The van der Waals surface area contributed by atoms with Gasteiger partial charge in [0.2, 0.25) is 0 Å². The van der Waals surface area contributed by atoms with Crippen LogP contribution in [0.5, 0.6) is 0 Å². The third-order valence-corrected chi connectivity index (χ3v) is 3.47. The Morgan fingerprint density at radius 2 is 2.41 bits per heavy atom.